The Morgan fingerprint density at radius 3 is 2.52 bits per heavy atom. The van der Waals surface area contributed by atoms with E-state index in [4.69, 9.17) is 11.6 Å². The van der Waals surface area contributed by atoms with Gasteiger partial charge in [-0.2, -0.15) is 5.10 Å². The van der Waals surface area contributed by atoms with E-state index < -0.39 is 24.0 Å². The highest BCUT2D eigenvalue weighted by atomic mass is 35.5. The Balaban J connectivity index is 1.81. The van der Waals surface area contributed by atoms with E-state index in [1.165, 1.54) is 12.1 Å². The minimum absolute atomic E-state index is 0.00956. The summed E-state index contributed by atoms with van der Waals surface area (Å²) in [5, 5.41) is 38.6. The van der Waals surface area contributed by atoms with Gasteiger partial charge in [-0.05, 0) is 36.2 Å². The number of H-pyrrole nitrogens is 1. The van der Waals surface area contributed by atoms with Crippen LogP contribution in [0.3, 0.4) is 0 Å². The monoisotopic (exact) mass is 415 g/mol. The third kappa shape index (κ3) is 4.74. The summed E-state index contributed by atoms with van der Waals surface area (Å²) in [5.74, 6) is -2.14. The number of carboxylic acid groups (broad SMARTS) is 1. The van der Waals surface area contributed by atoms with Gasteiger partial charge in [-0.1, -0.05) is 41.9 Å². The summed E-state index contributed by atoms with van der Waals surface area (Å²) in [5.41, 5.74) is 1.42. The molecule has 0 aliphatic rings. The highest BCUT2D eigenvalue weighted by Gasteiger charge is 2.29. The fourth-order valence-electron chi connectivity index (χ4n) is 2.83. The number of halogens is 1. The van der Waals surface area contributed by atoms with Crippen LogP contribution in [0.15, 0.2) is 54.6 Å². The van der Waals surface area contributed by atoms with Crippen LogP contribution >= 0.6 is 11.6 Å². The number of aliphatic carboxylic acids is 1. The fraction of sp³-hybridized carbons (Fsp3) is 0.150. The Kier molecular flexibility index (Phi) is 6.16. The second-order valence-electron chi connectivity index (χ2n) is 6.34. The molecule has 2 atom stereocenters. The molecule has 150 valence electrons. The molecule has 1 aromatic heterocycles. The van der Waals surface area contributed by atoms with Gasteiger partial charge in [0.15, 0.2) is 11.8 Å². The number of rotatable bonds is 7. The molecule has 5 N–H and O–H groups in total. The van der Waals surface area contributed by atoms with Gasteiger partial charge in [-0.15, -0.1) is 0 Å². The van der Waals surface area contributed by atoms with Crippen molar-refractivity contribution in [3.05, 3.63) is 70.9 Å². The molecule has 0 saturated carbocycles. The summed E-state index contributed by atoms with van der Waals surface area (Å²) < 4.78 is 0. The van der Waals surface area contributed by atoms with Gasteiger partial charge < -0.3 is 20.6 Å². The van der Waals surface area contributed by atoms with Crippen molar-refractivity contribution < 1.29 is 24.9 Å². The number of aliphatic hydroxyl groups excluding tert-OH is 1. The number of benzene rings is 2. The van der Waals surface area contributed by atoms with Crippen LogP contribution in [0.5, 0.6) is 5.75 Å². The molecule has 0 radical (unpaired) electrons. The lowest BCUT2D eigenvalue weighted by Crippen LogP contribution is -2.48. The second-order valence-corrected chi connectivity index (χ2v) is 6.75. The van der Waals surface area contributed by atoms with Crippen molar-refractivity contribution in [2.45, 2.75) is 18.6 Å². The number of hydrogen-bond donors (Lipinski definition) is 5. The minimum Gasteiger partial charge on any atom is -0.507 e. The Hall–Kier alpha value is -3.36. The van der Waals surface area contributed by atoms with Crippen LogP contribution in [0, 0.1) is 0 Å². The molecule has 1 heterocycles. The summed E-state index contributed by atoms with van der Waals surface area (Å²) in [4.78, 5) is 23.9. The van der Waals surface area contributed by atoms with Crippen LogP contribution in [0.4, 0.5) is 0 Å². The van der Waals surface area contributed by atoms with Crippen molar-refractivity contribution in [1.29, 1.82) is 0 Å². The molecule has 0 unspecified atom stereocenters. The van der Waals surface area contributed by atoms with Crippen molar-refractivity contribution in [3.8, 4) is 17.0 Å². The number of amides is 1. The van der Waals surface area contributed by atoms with Crippen LogP contribution in [0.25, 0.3) is 11.3 Å². The van der Waals surface area contributed by atoms with Gasteiger partial charge in [0.05, 0.1) is 11.7 Å². The van der Waals surface area contributed by atoms with Crippen LogP contribution < -0.4 is 5.32 Å². The number of carbonyl (C=O) groups is 2. The zero-order valence-electron chi connectivity index (χ0n) is 15.0. The number of para-hydroxylation sites is 1. The van der Waals surface area contributed by atoms with E-state index in [9.17, 15) is 24.9 Å². The molecule has 0 aliphatic carbocycles. The maximum Gasteiger partial charge on any atom is 0.334 e. The van der Waals surface area contributed by atoms with E-state index in [0.717, 1.165) is 0 Å². The maximum absolute atomic E-state index is 12.6. The first-order valence-electron chi connectivity index (χ1n) is 8.65. The van der Waals surface area contributed by atoms with Gasteiger partial charge in [0.25, 0.3) is 5.91 Å². The van der Waals surface area contributed by atoms with Gasteiger partial charge >= 0.3 is 5.97 Å². The van der Waals surface area contributed by atoms with Crippen molar-refractivity contribution in [2.75, 3.05) is 0 Å². The minimum atomic E-state index is -1.84. The predicted octanol–water partition coefficient (Wildman–Crippen LogP) is 2.22. The van der Waals surface area contributed by atoms with E-state index in [1.807, 2.05) is 0 Å². The summed E-state index contributed by atoms with van der Waals surface area (Å²) >= 11 is 6.11. The SMILES string of the molecule is O=C(N[C@H](Cc1ccccc1Cl)[C@@H](O)C(=O)O)c1cc(-c2ccccc2O)[nH]n1. The van der Waals surface area contributed by atoms with E-state index in [-0.39, 0.29) is 17.9 Å². The molecule has 3 aromatic rings. The number of phenolic OH excluding ortho intramolecular Hbond substituents is 1. The van der Waals surface area contributed by atoms with Crippen molar-refractivity contribution in [1.82, 2.24) is 15.5 Å². The Morgan fingerprint density at radius 2 is 1.83 bits per heavy atom. The fourth-order valence-corrected chi connectivity index (χ4v) is 3.05. The van der Waals surface area contributed by atoms with E-state index in [2.05, 4.69) is 15.5 Å². The smallest absolute Gasteiger partial charge is 0.334 e. The number of nitrogens with zero attached hydrogens (tertiary/aromatic N) is 1. The first-order chi connectivity index (χ1) is 13.9. The van der Waals surface area contributed by atoms with Crippen LogP contribution in [0.2, 0.25) is 5.02 Å². The quantitative estimate of drug-likeness (QED) is 0.401. The molecule has 0 aliphatic heterocycles. The third-order valence-corrected chi connectivity index (χ3v) is 4.72. The van der Waals surface area contributed by atoms with Crippen LogP contribution in [-0.4, -0.2) is 49.5 Å². The number of nitrogens with one attached hydrogen (secondary N) is 2. The van der Waals surface area contributed by atoms with Gasteiger partial charge in [-0.25, -0.2) is 4.79 Å². The Morgan fingerprint density at radius 1 is 1.14 bits per heavy atom. The van der Waals surface area contributed by atoms with Crippen molar-refractivity contribution >= 4 is 23.5 Å². The highest BCUT2D eigenvalue weighted by molar-refractivity contribution is 6.31. The van der Waals surface area contributed by atoms with Crippen LogP contribution in [0.1, 0.15) is 16.1 Å². The Labute approximate surface area is 170 Å². The largest absolute Gasteiger partial charge is 0.507 e. The number of aromatic amines is 1. The Bertz CT molecular complexity index is 1040. The normalized spacial score (nSPS) is 12.9. The summed E-state index contributed by atoms with van der Waals surface area (Å²) in [6.45, 7) is 0. The molecule has 1 amide bonds. The lowest BCUT2D eigenvalue weighted by Gasteiger charge is -2.21. The standard InChI is InChI=1S/C20H18ClN3O5/c21-13-7-3-1-5-11(13)9-15(18(26)20(28)29)22-19(27)16-10-14(23-24-16)12-6-2-4-8-17(12)25/h1-8,10,15,18,25-26H,9H2,(H,22,27)(H,23,24)(H,28,29)/t15-,18-/m1/s1. The number of aromatic nitrogens is 2. The molecule has 0 saturated heterocycles. The average molecular weight is 416 g/mol. The number of aromatic hydroxyl groups is 1. The predicted molar refractivity (Wildman–Crippen MR) is 106 cm³/mol. The van der Waals surface area contributed by atoms with Gasteiger partial charge in [0.1, 0.15) is 5.75 Å². The number of phenols is 1. The van der Waals surface area contributed by atoms with Crippen molar-refractivity contribution in [2.24, 2.45) is 0 Å². The number of hydrogen-bond acceptors (Lipinski definition) is 5. The molecular formula is C20H18ClN3O5. The molecule has 29 heavy (non-hydrogen) atoms. The zero-order valence-corrected chi connectivity index (χ0v) is 15.8. The first kappa shape index (κ1) is 20.4. The van der Waals surface area contributed by atoms with Gasteiger partial charge in [0.2, 0.25) is 0 Å². The zero-order chi connectivity index (χ0) is 21.0. The molecular weight excluding hydrogens is 398 g/mol. The number of carbonyl (C=O) groups excluding carboxylic acids is 1. The van der Waals surface area contributed by atoms with Crippen molar-refractivity contribution in [3.63, 3.8) is 0 Å². The topological polar surface area (TPSA) is 136 Å². The lowest BCUT2D eigenvalue weighted by atomic mass is 10.0. The molecule has 9 heteroatoms. The second kappa shape index (κ2) is 8.76. The molecule has 0 spiro atoms. The number of carboxylic acids is 1. The maximum atomic E-state index is 12.6. The third-order valence-electron chi connectivity index (χ3n) is 4.35. The summed E-state index contributed by atoms with van der Waals surface area (Å²) in [6.07, 6.45) is -1.83. The molecule has 8 nitrogen and oxygen atoms in total. The average Bonchev–Trinajstić information content (AvgIpc) is 3.19. The molecule has 0 fully saturated rings. The van der Waals surface area contributed by atoms with Gasteiger partial charge in [-0.3, -0.25) is 9.89 Å². The number of aliphatic hydroxyl groups is 1. The molecule has 2 aromatic carbocycles. The van der Waals surface area contributed by atoms with Crippen LogP contribution in [-0.2, 0) is 11.2 Å². The summed E-state index contributed by atoms with van der Waals surface area (Å²) in [6, 6.07) is 13.6. The van der Waals surface area contributed by atoms with E-state index >= 15 is 0 Å². The first-order valence-corrected chi connectivity index (χ1v) is 9.03. The van der Waals surface area contributed by atoms with E-state index in [1.54, 1.807) is 42.5 Å². The van der Waals surface area contributed by atoms with E-state index in [0.29, 0.717) is 21.8 Å². The summed E-state index contributed by atoms with van der Waals surface area (Å²) in [7, 11) is 0. The molecule has 3 rings (SSSR count). The highest BCUT2D eigenvalue weighted by Crippen LogP contribution is 2.27. The lowest BCUT2D eigenvalue weighted by molar-refractivity contribution is -0.148. The van der Waals surface area contributed by atoms with Gasteiger partial charge in [0, 0.05) is 10.6 Å². The molecule has 0 bridgehead atoms.